The van der Waals surface area contributed by atoms with Crippen LogP contribution in [-0.4, -0.2) is 74.9 Å². The Hall–Kier alpha value is -4.15. The molecule has 0 bridgehead atoms. The van der Waals surface area contributed by atoms with Gasteiger partial charge in [-0.3, -0.25) is 9.59 Å². The highest BCUT2D eigenvalue weighted by atomic mass is 16.5. The first kappa shape index (κ1) is 25.9. The average molecular weight is 508 g/mol. The molecule has 3 aromatic rings. The highest BCUT2D eigenvalue weighted by Gasteiger charge is 2.33. The van der Waals surface area contributed by atoms with E-state index in [1.54, 1.807) is 49.5 Å². The lowest BCUT2D eigenvalue weighted by molar-refractivity contribution is -0.120. The Kier molecular flexibility index (Phi) is 7.61. The van der Waals surface area contributed by atoms with Gasteiger partial charge in [-0.25, -0.2) is 4.79 Å². The van der Waals surface area contributed by atoms with Crippen LogP contribution in [0, 0.1) is 0 Å². The number of benzene rings is 3. The van der Waals surface area contributed by atoms with Crippen LogP contribution in [0.1, 0.15) is 26.3 Å². The Bertz CT molecular complexity index is 1360. The number of aliphatic hydroxyl groups excluding tert-OH is 1. The van der Waals surface area contributed by atoms with E-state index in [1.807, 2.05) is 6.07 Å². The number of para-hydroxylation sites is 1. The zero-order chi connectivity index (χ0) is 26.7. The maximum atomic E-state index is 13.4. The Morgan fingerprint density at radius 2 is 1.97 bits per heavy atom. The van der Waals surface area contributed by atoms with Gasteiger partial charge in [-0.15, -0.1) is 0 Å². The van der Waals surface area contributed by atoms with Crippen molar-refractivity contribution in [2.24, 2.45) is 5.73 Å². The smallest absolute Gasteiger partial charge is 0.337 e. The van der Waals surface area contributed by atoms with Crippen LogP contribution in [0.2, 0.25) is 0 Å². The van der Waals surface area contributed by atoms with Crippen LogP contribution in [0.5, 0.6) is 11.5 Å². The molecule has 37 heavy (non-hydrogen) atoms. The summed E-state index contributed by atoms with van der Waals surface area (Å²) < 4.78 is 16.4. The number of fused-ring (bicyclic) bond motifs is 2. The third-order valence-electron chi connectivity index (χ3n) is 6.33. The van der Waals surface area contributed by atoms with Crippen LogP contribution in [0.25, 0.3) is 10.8 Å². The summed E-state index contributed by atoms with van der Waals surface area (Å²) in [4.78, 5) is 41.4. The highest BCUT2D eigenvalue weighted by molar-refractivity contribution is 6.05. The molecule has 0 unspecified atom stereocenters. The molecule has 0 fully saturated rings. The number of nitrogens with two attached hydrogens (primary N) is 1. The normalized spacial score (nSPS) is 15.0. The van der Waals surface area contributed by atoms with Crippen LogP contribution in [-0.2, 0) is 16.1 Å². The maximum absolute atomic E-state index is 13.4. The first-order valence-electron chi connectivity index (χ1n) is 11.7. The van der Waals surface area contributed by atoms with Gasteiger partial charge in [0.05, 0.1) is 44.2 Å². The molecular weight excluding hydrogens is 478 g/mol. The molecule has 194 valence electrons. The predicted molar refractivity (Wildman–Crippen MR) is 137 cm³/mol. The molecule has 4 rings (SSSR count). The van der Waals surface area contributed by atoms with E-state index >= 15 is 0 Å². The third-order valence-corrected chi connectivity index (χ3v) is 6.33. The van der Waals surface area contributed by atoms with Crippen LogP contribution >= 0.6 is 0 Å². The summed E-state index contributed by atoms with van der Waals surface area (Å²) in [7, 11) is 4.43. The summed E-state index contributed by atoms with van der Waals surface area (Å²) in [6.45, 7) is -0.0752. The van der Waals surface area contributed by atoms with E-state index < -0.39 is 12.0 Å². The average Bonchev–Trinajstić information content (AvgIpc) is 3.03. The molecule has 0 aliphatic carbocycles. The number of carbonyl (C=O) groups excluding carboxylic acids is 3. The Labute approximate surface area is 214 Å². The quantitative estimate of drug-likeness (QED) is 0.464. The molecule has 0 radical (unpaired) electrons. The van der Waals surface area contributed by atoms with Crippen LogP contribution in [0.15, 0.2) is 48.5 Å². The number of aliphatic hydroxyl groups is 1. The minimum Gasteiger partial charge on any atom is -0.496 e. The molecule has 0 saturated carbocycles. The molecule has 3 N–H and O–H groups in total. The van der Waals surface area contributed by atoms with E-state index in [9.17, 15) is 19.5 Å². The SMILES string of the molecule is COC(=O)c1ccc2c(CN3C(=O)[C@@H](N)COc4c(C(=O)N(C)CCO)cccc43)c(OC)ccc2c1. The first-order valence-corrected chi connectivity index (χ1v) is 11.7. The van der Waals surface area contributed by atoms with Crippen molar-refractivity contribution >= 4 is 34.2 Å². The van der Waals surface area contributed by atoms with Crippen molar-refractivity contribution in [1.82, 2.24) is 4.90 Å². The molecule has 2 amide bonds. The van der Waals surface area contributed by atoms with Crippen molar-refractivity contribution < 1.29 is 33.7 Å². The zero-order valence-electron chi connectivity index (χ0n) is 20.9. The number of rotatable bonds is 7. The number of amides is 2. The van der Waals surface area contributed by atoms with Gasteiger partial charge >= 0.3 is 5.97 Å². The highest BCUT2D eigenvalue weighted by Crippen LogP contribution is 2.38. The van der Waals surface area contributed by atoms with E-state index in [0.717, 1.165) is 10.8 Å². The third kappa shape index (κ3) is 4.93. The fourth-order valence-corrected chi connectivity index (χ4v) is 4.37. The molecule has 3 aromatic carbocycles. The molecule has 0 aromatic heterocycles. The Morgan fingerprint density at radius 1 is 1.19 bits per heavy atom. The number of nitrogens with zero attached hydrogens (tertiary/aromatic N) is 2. The van der Waals surface area contributed by atoms with E-state index in [2.05, 4.69) is 0 Å². The molecule has 1 aliphatic rings. The zero-order valence-corrected chi connectivity index (χ0v) is 20.9. The summed E-state index contributed by atoms with van der Waals surface area (Å²) in [6, 6.07) is 12.8. The topological polar surface area (TPSA) is 132 Å². The van der Waals surface area contributed by atoms with Gasteiger partial charge in [0.1, 0.15) is 18.4 Å². The molecular formula is C27H29N3O7. The van der Waals surface area contributed by atoms with Crippen molar-refractivity contribution in [2.75, 3.05) is 45.9 Å². The molecule has 0 saturated heterocycles. The second kappa shape index (κ2) is 10.9. The van der Waals surface area contributed by atoms with Crippen molar-refractivity contribution in [2.45, 2.75) is 12.6 Å². The summed E-state index contributed by atoms with van der Waals surface area (Å²) in [5, 5.41) is 10.8. The van der Waals surface area contributed by atoms with Crippen LogP contribution in [0.4, 0.5) is 5.69 Å². The summed E-state index contributed by atoms with van der Waals surface area (Å²) >= 11 is 0. The molecule has 10 nitrogen and oxygen atoms in total. The largest absolute Gasteiger partial charge is 0.496 e. The van der Waals surface area contributed by atoms with Gasteiger partial charge in [0.25, 0.3) is 5.91 Å². The lowest BCUT2D eigenvalue weighted by atomic mass is 10.00. The number of likely N-dealkylation sites (N-methyl/N-ethyl adjacent to an activating group) is 1. The van der Waals surface area contributed by atoms with Crippen molar-refractivity contribution in [3.63, 3.8) is 0 Å². The lowest BCUT2D eigenvalue weighted by Gasteiger charge is -2.26. The standard InChI is InChI=1S/C27H29N3O7/c1-29(11-12-31)25(32)19-5-4-6-22-24(19)37-15-21(28)26(33)30(22)14-20-18-9-7-17(27(34)36-3)13-16(18)8-10-23(20)35-2/h4-10,13,21,31H,11-12,14-15,28H2,1-3H3/t21-/m0/s1. The molecule has 1 atom stereocenters. The van der Waals surface area contributed by atoms with Gasteiger partial charge < -0.3 is 34.9 Å². The van der Waals surface area contributed by atoms with Crippen molar-refractivity contribution in [3.8, 4) is 11.5 Å². The van der Waals surface area contributed by atoms with Gasteiger partial charge in [-0.05, 0) is 41.1 Å². The minimum absolute atomic E-state index is 0.0745. The monoisotopic (exact) mass is 507 g/mol. The summed E-state index contributed by atoms with van der Waals surface area (Å²) in [6.07, 6.45) is 0. The minimum atomic E-state index is -0.961. The number of esters is 1. The number of anilines is 1. The maximum Gasteiger partial charge on any atom is 0.337 e. The van der Waals surface area contributed by atoms with E-state index in [0.29, 0.717) is 22.6 Å². The molecule has 1 aliphatic heterocycles. The summed E-state index contributed by atoms with van der Waals surface area (Å²) in [5.41, 5.74) is 7.90. The van der Waals surface area contributed by atoms with Gasteiger partial charge in [-0.2, -0.15) is 0 Å². The Balaban J connectivity index is 1.84. The van der Waals surface area contributed by atoms with Crippen molar-refractivity contribution in [3.05, 3.63) is 65.2 Å². The fourth-order valence-electron chi connectivity index (χ4n) is 4.37. The second-order valence-corrected chi connectivity index (χ2v) is 8.62. The van der Waals surface area contributed by atoms with Crippen LogP contribution in [0.3, 0.4) is 0 Å². The van der Waals surface area contributed by atoms with Gasteiger partial charge in [0.2, 0.25) is 5.91 Å². The second-order valence-electron chi connectivity index (χ2n) is 8.62. The van der Waals surface area contributed by atoms with Gasteiger partial charge in [-0.1, -0.05) is 18.2 Å². The van der Waals surface area contributed by atoms with E-state index in [1.165, 1.54) is 24.0 Å². The fraction of sp³-hybridized carbons (Fsp3) is 0.296. The number of carbonyl (C=O) groups is 3. The number of methoxy groups -OCH3 is 2. The van der Waals surface area contributed by atoms with Crippen LogP contribution < -0.4 is 20.1 Å². The van der Waals surface area contributed by atoms with E-state index in [-0.39, 0.29) is 49.4 Å². The van der Waals surface area contributed by atoms with E-state index in [4.69, 9.17) is 19.9 Å². The Morgan fingerprint density at radius 3 is 2.68 bits per heavy atom. The number of hydrogen-bond donors (Lipinski definition) is 2. The molecule has 10 heteroatoms. The molecule has 0 spiro atoms. The van der Waals surface area contributed by atoms with Crippen molar-refractivity contribution in [1.29, 1.82) is 0 Å². The first-order chi connectivity index (χ1) is 17.8. The van der Waals surface area contributed by atoms with Gasteiger partial charge in [0.15, 0.2) is 5.75 Å². The predicted octanol–water partition coefficient (Wildman–Crippen LogP) is 1.95. The van der Waals surface area contributed by atoms with Gasteiger partial charge in [0, 0.05) is 19.2 Å². The summed E-state index contributed by atoms with van der Waals surface area (Å²) in [5.74, 6) is -0.404. The number of hydrogen-bond acceptors (Lipinski definition) is 8. The number of ether oxygens (including phenoxy) is 3. The molecule has 1 heterocycles. The lowest BCUT2D eigenvalue weighted by Crippen LogP contribution is -2.45.